The lowest BCUT2D eigenvalue weighted by molar-refractivity contribution is 0.102. The molecular weight excluding hydrogens is 216 g/mol. The summed E-state index contributed by atoms with van der Waals surface area (Å²) in [4.78, 5) is 11.5. The van der Waals surface area contributed by atoms with Gasteiger partial charge in [0.2, 0.25) is 0 Å². The van der Waals surface area contributed by atoms with Gasteiger partial charge in [0.1, 0.15) is 11.6 Å². The quantitative estimate of drug-likeness (QED) is 0.817. The topological polar surface area (TPSA) is 57.8 Å². The van der Waals surface area contributed by atoms with Gasteiger partial charge in [-0.15, -0.1) is 0 Å². The Kier molecular flexibility index (Phi) is 2.63. The third kappa shape index (κ3) is 2.05. The molecule has 0 radical (unpaired) electrons. The van der Waals surface area contributed by atoms with Crippen LogP contribution in [0.5, 0.6) is 0 Å². The van der Waals surface area contributed by atoms with E-state index in [0.717, 1.165) is 18.2 Å². The molecule has 0 aliphatic carbocycles. The van der Waals surface area contributed by atoms with Crippen molar-refractivity contribution in [1.29, 1.82) is 0 Å². The van der Waals surface area contributed by atoms with Crippen LogP contribution in [0.25, 0.3) is 0 Å². The molecule has 0 aliphatic rings. The van der Waals surface area contributed by atoms with Crippen LogP contribution in [0, 0.1) is 11.6 Å². The Balaban J connectivity index is 2.21. The molecule has 2 N–H and O–H groups in total. The molecule has 1 heterocycles. The van der Waals surface area contributed by atoms with Crippen molar-refractivity contribution >= 4 is 11.6 Å². The number of anilines is 1. The minimum atomic E-state index is -0.696. The molecule has 16 heavy (non-hydrogen) atoms. The molecule has 0 saturated heterocycles. The van der Waals surface area contributed by atoms with E-state index in [4.69, 9.17) is 0 Å². The number of hydrogen-bond donors (Lipinski definition) is 2. The lowest BCUT2D eigenvalue weighted by atomic mass is 10.2. The van der Waals surface area contributed by atoms with Crippen molar-refractivity contribution in [3.05, 3.63) is 47.8 Å². The number of aromatic amines is 1. The highest BCUT2D eigenvalue weighted by atomic mass is 19.1. The largest absolute Gasteiger partial charge is 0.319 e. The number of benzene rings is 1. The Morgan fingerprint density at radius 3 is 2.88 bits per heavy atom. The highest BCUT2D eigenvalue weighted by molar-refractivity contribution is 6.03. The summed E-state index contributed by atoms with van der Waals surface area (Å²) in [6.45, 7) is 0. The Bertz CT molecular complexity index is 511. The average Bonchev–Trinajstić information content (AvgIpc) is 2.76. The SMILES string of the molecule is O=C(Nc1cc(F)ccc1F)c1cn[nH]c1. The van der Waals surface area contributed by atoms with Crippen molar-refractivity contribution < 1.29 is 13.6 Å². The van der Waals surface area contributed by atoms with Crippen LogP contribution in [0.1, 0.15) is 10.4 Å². The van der Waals surface area contributed by atoms with Gasteiger partial charge in [-0.2, -0.15) is 5.10 Å². The normalized spacial score (nSPS) is 10.1. The Hall–Kier alpha value is -2.24. The predicted octanol–water partition coefficient (Wildman–Crippen LogP) is 1.94. The highest BCUT2D eigenvalue weighted by Gasteiger charge is 2.10. The molecule has 0 saturated carbocycles. The first-order chi connectivity index (χ1) is 7.66. The molecule has 0 bridgehead atoms. The summed E-state index contributed by atoms with van der Waals surface area (Å²) < 4.78 is 26.0. The molecule has 0 unspecified atom stereocenters. The van der Waals surface area contributed by atoms with E-state index in [1.54, 1.807) is 0 Å². The molecule has 4 nitrogen and oxygen atoms in total. The third-order valence-corrected chi connectivity index (χ3v) is 1.94. The first-order valence-corrected chi connectivity index (χ1v) is 4.42. The fourth-order valence-corrected chi connectivity index (χ4v) is 1.16. The number of carbonyl (C=O) groups excluding carboxylic acids is 1. The number of hydrogen-bond acceptors (Lipinski definition) is 2. The molecular formula is C10H7F2N3O. The van der Waals surface area contributed by atoms with Crippen LogP contribution in [0.3, 0.4) is 0 Å². The smallest absolute Gasteiger partial charge is 0.258 e. The number of H-pyrrole nitrogens is 1. The molecule has 1 amide bonds. The van der Waals surface area contributed by atoms with Gasteiger partial charge in [-0.3, -0.25) is 9.89 Å². The Labute approximate surface area is 89.3 Å². The van der Waals surface area contributed by atoms with Crippen LogP contribution in [-0.4, -0.2) is 16.1 Å². The van der Waals surface area contributed by atoms with E-state index >= 15 is 0 Å². The maximum absolute atomic E-state index is 13.2. The minimum absolute atomic E-state index is 0.203. The molecule has 2 rings (SSSR count). The van der Waals surface area contributed by atoms with E-state index in [0.29, 0.717) is 0 Å². The summed E-state index contributed by atoms with van der Waals surface area (Å²) in [7, 11) is 0. The van der Waals surface area contributed by atoms with E-state index in [1.165, 1.54) is 12.4 Å². The van der Waals surface area contributed by atoms with Crippen molar-refractivity contribution in [2.75, 3.05) is 5.32 Å². The lowest BCUT2D eigenvalue weighted by Crippen LogP contribution is -2.12. The molecule has 1 aromatic heterocycles. The monoisotopic (exact) mass is 223 g/mol. The van der Waals surface area contributed by atoms with Gasteiger partial charge < -0.3 is 5.32 Å². The zero-order chi connectivity index (χ0) is 11.5. The zero-order valence-corrected chi connectivity index (χ0v) is 8.00. The highest BCUT2D eigenvalue weighted by Crippen LogP contribution is 2.16. The molecule has 2 aromatic rings. The van der Waals surface area contributed by atoms with Gasteiger partial charge in [0, 0.05) is 12.3 Å². The van der Waals surface area contributed by atoms with Gasteiger partial charge in [-0.25, -0.2) is 8.78 Å². The summed E-state index contributed by atoms with van der Waals surface area (Å²) >= 11 is 0. The van der Waals surface area contributed by atoms with Crippen molar-refractivity contribution in [2.24, 2.45) is 0 Å². The number of carbonyl (C=O) groups is 1. The van der Waals surface area contributed by atoms with E-state index < -0.39 is 17.5 Å². The molecule has 6 heteroatoms. The summed E-state index contributed by atoms with van der Waals surface area (Å²) in [5.41, 5.74) is 0.0369. The van der Waals surface area contributed by atoms with E-state index in [-0.39, 0.29) is 11.3 Å². The number of aromatic nitrogens is 2. The van der Waals surface area contributed by atoms with E-state index in [2.05, 4.69) is 15.5 Å². The summed E-state index contributed by atoms with van der Waals surface area (Å²) in [5, 5.41) is 8.25. The number of nitrogens with one attached hydrogen (secondary N) is 2. The fraction of sp³-hybridized carbons (Fsp3) is 0. The molecule has 0 atom stereocenters. The summed E-state index contributed by atoms with van der Waals surface area (Å²) in [5.74, 6) is -1.87. The van der Waals surface area contributed by atoms with Crippen LogP contribution >= 0.6 is 0 Å². The first-order valence-electron chi connectivity index (χ1n) is 4.42. The van der Waals surface area contributed by atoms with E-state index in [9.17, 15) is 13.6 Å². The van der Waals surface area contributed by atoms with Gasteiger partial charge in [-0.05, 0) is 12.1 Å². The van der Waals surface area contributed by atoms with Crippen LogP contribution < -0.4 is 5.32 Å². The maximum atomic E-state index is 13.2. The average molecular weight is 223 g/mol. The Morgan fingerprint density at radius 1 is 1.38 bits per heavy atom. The van der Waals surface area contributed by atoms with Crippen molar-refractivity contribution in [1.82, 2.24) is 10.2 Å². The second-order valence-corrected chi connectivity index (χ2v) is 3.07. The van der Waals surface area contributed by atoms with Gasteiger partial charge in [0.15, 0.2) is 0 Å². The summed E-state index contributed by atoms with van der Waals surface area (Å²) in [6.07, 6.45) is 2.64. The van der Waals surface area contributed by atoms with Gasteiger partial charge in [0.25, 0.3) is 5.91 Å². The van der Waals surface area contributed by atoms with Gasteiger partial charge >= 0.3 is 0 Å². The van der Waals surface area contributed by atoms with Crippen LogP contribution in [0.4, 0.5) is 14.5 Å². The Morgan fingerprint density at radius 2 is 2.19 bits per heavy atom. The van der Waals surface area contributed by atoms with Crippen LogP contribution in [-0.2, 0) is 0 Å². The fourth-order valence-electron chi connectivity index (χ4n) is 1.16. The van der Waals surface area contributed by atoms with Crippen LogP contribution in [0.15, 0.2) is 30.6 Å². The van der Waals surface area contributed by atoms with Crippen molar-refractivity contribution in [3.63, 3.8) is 0 Å². The minimum Gasteiger partial charge on any atom is -0.319 e. The molecule has 0 spiro atoms. The molecule has 0 aliphatic heterocycles. The molecule has 0 fully saturated rings. The summed E-state index contributed by atoms with van der Waals surface area (Å²) in [6, 6.07) is 2.83. The van der Waals surface area contributed by atoms with Crippen molar-refractivity contribution in [3.8, 4) is 0 Å². The van der Waals surface area contributed by atoms with Crippen molar-refractivity contribution in [2.45, 2.75) is 0 Å². The molecule has 1 aromatic carbocycles. The molecule has 82 valence electrons. The number of nitrogens with zero attached hydrogens (tertiary/aromatic N) is 1. The first kappa shape index (κ1) is 10.3. The predicted molar refractivity (Wildman–Crippen MR) is 52.9 cm³/mol. The lowest BCUT2D eigenvalue weighted by Gasteiger charge is -2.04. The second-order valence-electron chi connectivity index (χ2n) is 3.07. The second kappa shape index (κ2) is 4.09. The third-order valence-electron chi connectivity index (χ3n) is 1.94. The van der Waals surface area contributed by atoms with E-state index in [1.807, 2.05) is 0 Å². The standard InChI is InChI=1S/C10H7F2N3O/c11-7-1-2-8(12)9(3-7)15-10(16)6-4-13-14-5-6/h1-5H,(H,13,14)(H,15,16). The van der Waals surface area contributed by atoms with Crippen LogP contribution in [0.2, 0.25) is 0 Å². The number of halogens is 2. The maximum Gasteiger partial charge on any atom is 0.258 e. The number of amides is 1. The number of rotatable bonds is 2. The van der Waals surface area contributed by atoms with Gasteiger partial charge in [0.05, 0.1) is 17.4 Å². The van der Waals surface area contributed by atoms with Gasteiger partial charge in [-0.1, -0.05) is 0 Å². The zero-order valence-electron chi connectivity index (χ0n) is 8.00.